The van der Waals surface area contributed by atoms with Crippen LogP contribution in [0.2, 0.25) is 0 Å². The third-order valence-corrected chi connectivity index (χ3v) is 4.78. The molecule has 140 valence electrons. The van der Waals surface area contributed by atoms with Crippen LogP contribution in [-0.4, -0.2) is 15.9 Å². The summed E-state index contributed by atoms with van der Waals surface area (Å²) in [4.78, 5) is 20.2. The lowest BCUT2D eigenvalue weighted by Gasteiger charge is -2.07. The van der Waals surface area contributed by atoms with Gasteiger partial charge in [-0.3, -0.25) is 4.79 Å². The van der Waals surface area contributed by atoms with Crippen molar-refractivity contribution < 1.29 is 4.79 Å². The Kier molecular flexibility index (Phi) is 5.20. The van der Waals surface area contributed by atoms with Crippen LogP contribution in [0.3, 0.4) is 0 Å². The number of anilines is 1. The van der Waals surface area contributed by atoms with Crippen molar-refractivity contribution >= 4 is 22.6 Å². The second kappa shape index (κ2) is 8.09. The van der Waals surface area contributed by atoms with Crippen molar-refractivity contribution in [1.29, 1.82) is 0 Å². The first-order chi connectivity index (χ1) is 13.7. The number of hydrogen-bond donors (Lipinski definition) is 2. The van der Waals surface area contributed by atoms with Crippen LogP contribution in [-0.2, 0) is 24.1 Å². The topological polar surface area (TPSA) is 57.8 Å². The summed E-state index contributed by atoms with van der Waals surface area (Å²) in [5, 5.41) is 2.96. The minimum Gasteiger partial charge on any atom is -0.342 e. The highest BCUT2D eigenvalue weighted by molar-refractivity contribution is 5.92. The number of amides is 1. The lowest BCUT2D eigenvalue weighted by atomic mass is 10.1. The van der Waals surface area contributed by atoms with E-state index in [4.69, 9.17) is 0 Å². The van der Waals surface area contributed by atoms with Gasteiger partial charge in [0.05, 0.1) is 17.5 Å². The van der Waals surface area contributed by atoms with Gasteiger partial charge in [-0.1, -0.05) is 48.5 Å². The Morgan fingerprint density at radius 2 is 1.71 bits per heavy atom. The summed E-state index contributed by atoms with van der Waals surface area (Å²) in [6.07, 6.45) is 2.14. The lowest BCUT2D eigenvalue weighted by Crippen LogP contribution is -2.14. The van der Waals surface area contributed by atoms with E-state index < -0.39 is 0 Å². The van der Waals surface area contributed by atoms with Crippen LogP contribution in [0.1, 0.15) is 22.5 Å². The number of hydrogen-bond acceptors (Lipinski definition) is 2. The minimum atomic E-state index is -0.00322. The van der Waals surface area contributed by atoms with Crippen molar-refractivity contribution in [2.45, 2.75) is 26.2 Å². The molecule has 0 radical (unpaired) electrons. The standard InChI is InChI=1S/C24H23N3O/c1-17-7-13-21-22(15-17)27-23(26-21)14-10-18-8-11-20(12-9-18)25-24(28)16-19-5-3-2-4-6-19/h2-9,11-13,15H,10,14,16H2,1H3,(H,25,28)(H,26,27). The number of aromatic nitrogens is 2. The average Bonchev–Trinajstić information content (AvgIpc) is 3.10. The molecule has 0 aliphatic rings. The van der Waals surface area contributed by atoms with Crippen molar-refractivity contribution in [2.75, 3.05) is 5.32 Å². The van der Waals surface area contributed by atoms with Gasteiger partial charge in [-0.05, 0) is 54.3 Å². The number of imidazole rings is 1. The molecule has 0 bridgehead atoms. The highest BCUT2D eigenvalue weighted by Crippen LogP contribution is 2.16. The number of nitrogens with one attached hydrogen (secondary N) is 2. The number of aryl methyl sites for hydroxylation is 3. The van der Waals surface area contributed by atoms with Crippen molar-refractivity contribution in [3.8, 4) is 0 Å². The summed E-state index contributed by atoms with van der Waals surface area (Å²) in [6, 6.07) is 24.1. The number of aromatic amines is 1. The van der Waals surface area contributed by atoms with Gasteiger partial charge in [0.1, 0.15) is 5.82 Å². The molecule has 4 aromatic rings. The molecule has 2 N–H and O–H groups in total. The summed E-state index contributed by atoms with van der Waals surface area (Å²) >= 11 is 0. The van der Waals surface area contributed by atoms with E-state index in [1.54, 1.807) is 0 Å². The molecule has 0 unspecified atom stereocenters. The number of carbonyl (C=O) groups is 1. The maximum absolute atomic E-state index is 12.2. The van der Waals surface area contributed by atoms with Gasteiger partial charge in [0.15, 0.2) is 0 Å². The van der Waals surface area contributed by atoms with E-state index in [2.05, 4.69) is 52.5 Å². The lowest BCUT2D eigenvalue weighted by molar-refractivity contribution is -0.115. The van der Waals surface area contributed by atoms with Crippen LogP contribution in [0.15, 0.2) is 72.8 Å². The van der Waals surface area contributed by atoms with E-state index in [1.807, 2.05) is 42.5 Å². The van der Waals surface area contributed by atoms with Crippen LogP contribution in [0.5, 0.6) is 0 Å². The maximum Gasteiger partial charge on any atom is 0.228 e. The van der Waals surface area contributed by atoms with Gasteiger partial charge < -0.3 is 10.3 Å². The summed E-state index contributed by atoms with van der Waals surface area (Å²) in [5.41, 5.74) is 6.38. The second-order valence-electron chi connectivity index (χ2n) is 7.11. The Labute approximate surface area is 164 Å². The molecule has 1 aromatic heterocycles. The first-order valence-corrected chi connectivity index (χ1v) is 9.54. The fourth-order valence-electron chi connectivity index (χ4n) is 3.30. The smallest absolute Gasteiger partial charge is 0.228 e. The first kappa shape index (κ1) is 18.0. The third kappa shape index (κ3) is 4.46. The van der Waals surface area contributed by atoms with Gasteiger partial charge in [-0.25, -0.2) is 4.98 Å². The molecule has 4 nitrogen and oxygen atoms in total. The van der Waals surface area contributed by atoms with Gasteiger partial charge in [-0.2, -0.15) is 0 Å². The highest BCUT2D eigenvalue weighted by atomic mass is 16.1. The van der Waals surface area contributed by atoms with Crippen LogP contribution in [0.4, 0.5) is 5.69 Å². The van der Waals surface area contributed by atoms with Crippen molar-refractivity contribution in [1.82, 2.24) is 9.97 Å². The molecule has 0 spiro atoms. The zero-order chi connectivity index (χ0) is 19.3. The molecular weight excluding hydrogens is 346 g/mol. The van der Waals surface area contributed by atoms with Crippen LogP contribution in [0.25, 0.3) is 11.0 Å². The molecule has 0 fully saturated rings. The van der Waals surface area contributed by atoms with E-state index in [0.717, 1.165) is 41.0 Å². The summed E-state index contributed by atoms with van der Waals surface area (Å²) in [7, 11) is 0. The van der Waals surface area contributed by atoms with Crippen LogP contribution in [0, 0.1) is 6.92 Å². The number of fused-ring (bicyclic) bond motifs is 1. The molecule has 0 aliphatic carbocycles. The number of carbonyl (C=O) groups excluding carboxylic acids is 1. The normalized spacial score (nSPS) is 10.9. The predicted molar refractivity (Wildman–Crippen MR) is 113 cm³/mol. The molecule has 4 heteroatoms. The molecular formula is C24H23N3O. The maximum atomic E-state index is 12.2. The quantitative estimate of drug-likeness (QED) is 0.511. The summed E-state index contributed by atoms with van der Waals surface area (Å²) in [6.45, 7) is 2.08. The van der Waals surface area contributed by atoms with Gasteiger partial charge in [0.25, 0.3) is 0 Å². The molecule has 1 amide bonds. The first-order valence-electron chi connectivity index (χ1n) is 9.54. The molecule has 1 heterocycles. The molecule has 0 aliphatic heterocycles. The molecule has 0 saturated heterocycles. The van der Waals surface area contributed by atoms with E-state index in [-0.39, 0.29) is 5.91 Å². The largest absolute Gasteiger partial charge is 0.342 e. The zero-order valence-corrected chi connectivity index (χ0v) is 15.9. The molecule has 3 aromatic carbocycles. The Morgan fingerprint density at radius 3 is 2.50 bits per heavy atom. The molecule has 28 heavy (non-hydrogen) atoms. The Balaban J connectivity index is 1.33. The van der Waals surface area contributed by atoms with E-state index in [0.29, 0.717) is 6.42 Å². The summed E-state index contributed by atoms with van der Waals surface area (Å²) in [5.74, 6) is 0.998. The van der Waals surface area contributed by atoms with Crippen LogP contribution >= 0.6 is 0 Å². The Bertz CT molecular complexity index is 1080. The SMILES string of the molecule is Cc1ccc2nc(CCc3ccc(NC(=O)Cc4ccccc4)cc3)[nH]c2c1. The van der Waals surface area contributed by atoms with E-state index in [1.165, 1.54) is 11.1 Å². The fourth-order valence-corrected chi connectivity index (χ4v) is 3.30. The van der Waals surface area contributed by atoms with Crippen molar-refractivity contribution in [3.63, 3.8) is 0 Å². The van der Waals surface area contributed by atoms with Gasteiger partial charge >= 0.3 is 0 Å². The zero-order valence-electron chi connectivity index (χ0n) is 15.9. The van der Waals surface area contributed by atoms with E-state index >= 15 is 0 Å². The summed E-state index contributed by atoms with van der Waals surface area (Å²) < 4.78 is 0. The number of H-pyrrole nitrogens is 1. The highest BCUT2D eigenvalue weighted by Gasteiger charge is 2.06. The Hall–Kier alpha value is -3.40. The van der Waals surface area contributed by atoms with Gasteiger partial charge in [-0.15, -0.1) is 0 Å². The number of nitrogens with zero attached hydrogens (tertiary/aromatic N) is 1. The third-order valence-electron chi connectivity index (χ3n) is 4.78. The average molecular weight is 369 g/mol. The van der Waals surface area contributed by atoms with Crippen molar-refractivity contribution in [3.05, 3.63) is 95.3 Å². The van der Waals surface area contributed by atoms with Gasteiger partial charge in [0, 0.05) is 12.1 Å². The van der Waals surface area contributed by atoms with Crippen LogP contribution < -0.4 is 5.32 Å². The molecule has 0 saturated carbocycles. The fraction of sp³-hybridized carbons (Fsp3) is 0.167. The monoisotopic (exact) mass is 369 g/mol. The molecule has 4 rings (SSSR count). The predicted octanol–water partition coefficient (Wildman–Crippen LogP) is 4.84. The van der Waals surface area contributed by atoms with E-state index in [9.17, 15) is 4.79 Å². The second-order valence-corrected chi connectivity index (χ2v) is 7.11. The Morgan fingerprint density at radius 1 is 0.929 bits per heavy atom. The minimum absolute atomic E-state index is 0.00322. The number of benzene rings is 3. The van der Waals surface area contributed by atoms with Crippen molar-refractivity contribution in [2.24, 2.45) is 0 Å². The van der Waals surface area contributed by atoms with Gasteiger partial charge in [0.2, 0.25) is 5.91 Å². The molecule has 0 atom stereocenters. The number of rotatable bonds is 6.